The van der Waals surface area contributed by atoms with Gasteiger partial charge in [-0.05, 0) is 26.8 Å². The van der Waals surface area contributed by atoms with Gasteiger partial charge in [-0.1, -0.05) is 13.8 Å². The van der Waals surface area contributed by atoms with Crippen LogP contribution in [0.2, 0.25) is 0 Å². The molecule has 2 heterocycles. The predicted octanol–water partition coefficient (Wildman–Crippen LogP) is 2.19. The lowest BCUT2D eigenvalue weighted by Gasteiger charge is -2.35. The molecule has 0 aromatic carbocycles. The lowest BCUT2D eigenvalue weighted by Crippen LogP contribution is -2.42. The van der Waals surface area contributed by atoms with Gasteiger partial charge in [0.1, 0.15) is 5.82 Å². The summed E-state index contributed by atoms with van der Waals surface area (Å²) in [5, 5.41) is 12.7. The number of aromatic carboxylic acids is 1. The van der Waals surface area contributed by atoms with Crippen molar-refractivity contribution in [1.29, 1.82) is 0 Å². The third kappa shape index (κ3) is 3.69. The average Bonchev–Trinajstić information content (AvgIpc) is 2.43. The second kappa shape index (κ2) is 6.39. The Hall–Kier alpha value is -1.69. The normalized spacial score (nSPS) is 23.3. The fraction of sp³-hybridized carbons (Fsp3) is 0.667. The maximum Gasteiger partial charge on any atom is 0.356 e. The van der Waals surface area contributed by atoms with Crippen LogP contribution in [0.4, 0.5) is 5.69 Å². The van der Waals surface area contributed by atoms with Crippen molar-refractivity contribution >= 4 is 11.7 Å². The predicted molar refractivity (Wildman–Crippen MR) is 81.8 cm³/mol. The van der Waals surface area contributed by atoms with E-state index in [1.54, 1.807) is 6.20 Å². The van der Waals surface area contributed by atoms with Gasteiger partial charge in [-0.25, -0.2) is 14.8 Å². The smallest absolute Gasteiger partial charge is 0.356 e. The topological polar surface area (TPSA) is 78.4 Å². The van der Waals surface area contributed by atoms with Crippen LogP contribution in [0.25, 0.3) is 0 Å². The fourth-order valence-corrected chi connectivity index (χ4v) is 2.58. The highest BCUT2D eigenvalue weighted by Gasteiger charge is 2.24. The van der Waals surface area contributed by atoms with Crippen LogP contribution in [0.1, 0.15) is 55.8 Å². The largest absolute Gasteiger partial charge is 0.476 e. The highest BCUT2D eigenvalue weighted by molar-refractivity contribution is 5.91. The Balaban J connectivity index is 2.18. The summed E-state index contributed by atoms with van der Waals surface area (Å²) in [6.45, 7) is 7.09. The van der Waals surface area contributed by atoms with E-state index in [-0.39, 0.29) is 17.7 Å². The number of likely N-dealkylation sites (tertiary alicyclic amines) is 1. The number of aromatic nitrogens is 2. The van der Waals surface area contributed by atoms with Gasteiger partial charge < -0.3 is 15.3 Å². The summed E-state index contributed by atoms with van der Waals surface area (Å²) in [4.78, 5) is 22.2. The minimum atomic E-state index is -1.01. The molecule has 1 fully saturated rings. The molecule has 0 saturated carbocycles. The molecule has 0 spiro atoms. The van der Waals surface area contributed by atoms with Gasteiger partial charge >= 0.3 is 5.97 Å². The van der Waals surface area contributed by atoms with Gasteiger partial charge in [0.05, 0.1) is 11.9 Å². The highest BCUT2D eigenvalue weighted by atomic mass is 16.4. The Morgan fingerprint density at radius 1 is 1.52 bits per heavy atom. The van der Waals surface area contributed by atoms with Crippen molar-refractivity contribution in [3.05, 3.63) is 17.7 Å². The summed E-state index contributed by atoms with van der Waals surface area (Å²) in [7, 11) is 2.12. The lowest BCUT2D eigenvalue weighted by atomic mass is 9.98. The Bertz CT molecular complexity index is 518. The van der Waals surface area contributed by atoms with Gasteiger partial charge in [-0.15, -0.1) is 0 Å². The number of rotatable bonds is 4. The molecule has 2 N–H and O–H groups in total. The van der Waals surface area contributed by atoms with Crippen LogP contribution < -0.4 is 5.32 Å². The van der Waals surface area contributed by atoms with Crippen molar-refractivity contribution in [2.45, 2.75) is 51.6 Å². The van der Waals surface area contributed by atoms with Crippen LogP contribution in [0, 0.1) is 0 Å². The van der Waals surface area contributed by atoms with Crippen molar-refractivity contribution in [3.8, 4) is 0 Å². The summed E-state index contributed by atoms with van der Waals surface area (Å²) < 4.78 is 0. The van der Waals surface area contributed by atoms with Crippen LogP contribution >= 0.6 is 0 Å². The quantitative estimate of drug-likeness (QED) is 0.885. The molecule has 0 radical (unpaired) electrons. The molecule has 21 heavy (non-hydrogen) atoms. The molecule has 0 amide bonds. The van der Waals surface area contributed by atoms with E-state index in [1.807, 2.05) is 13.8 Å². The van der Waals surface area contributed by atoms with E-state index in [1.165, 1.54) is 0 Å². The van der Waals surface area contributed by atoms with Crippen molar-refractivity contribution in [1.82, 2.24) is 14.9 Å². The zero-order chi connectivity index (χ0) is 15.6. The number of hydrogen-bond acceptors (Lipinski definition) is 5. The first-order valence-corrected chi connectivity index (χ1v) is 7.45. The number of hydrogen-bond donors (Lipinski definition) is 2. The number of piperidine rings is 1. The molecule has 1 aliphatic rings. The second-order valence-corrected chi connectivity index (χ2v) is 6.15. The Kier molecular flexibility index (Phi) is 4.77. The molecule has 1 saturated heterocycles. The molecule has 6 heteroatoms. The summed E-state index contributed by atoms with van der Waals surface area (Å²) >= 11 is 0. The minimum absolute atomic E-state index is 0.0697. The molecule has 1 aromatic rings. The number of carboxylic acid groups (broad SMARTS) is 1. The van der Waals surface area contributed by atoms with Crippen LogP contribution in [0.5, 0.6) is 0 Å². The van der Waals surface area contributed by atoms with Crippen LogP contribution in [-0.4, -0.2) is 51.6 Å². The van der Waals surface area contributed by atoms with E-state index in [9.17, 15) is 9.90 Å². The molecule has 2 rings (SSSR count). The molecule has 1 aromatic heterocycles. The van der Waals surface area contributed by atoms with Crippen molar-refractivity contribution < 1.29 is 9.90 Å². The third-order valence-electron chi connectivity index (χ3n) is 4.09. The molecular formula is C15H24N4O2. The van der Waals surface area contributed by atoms with E-state index in [0.717, 1.165) is 19.4 Å². The fourth-order valence-electron chi connectivity index (χ4n) is 2.58. The SMILES string of the molecule is CC(C)c1ncc(NC2CCN(C)C(C)C2)c(C(=O)O)n1. The first-order chi connectivity index (χ1) is 9.88. The highest BCUT2D eigenvalue weighted by Crippen LogP contribution is 2.22. The minimum Gasteiger partial charge on any atom is -0.476 e. The molecular weight excluding hydrogens is 268 g/mol. The summed E-state index contributed by atoms with van der Waals surface area (Å²) in [6, 6.07) is 0.753. The van der Waals surface area contributed by atoms with E-state index in [2.05, 4.69) is 34.2 Å². The average molecular weight is 292 g/mol. The third-order valence-corrected chi connectivity index (χ3v) is 4.09. The standard InChI is InChI=1S/C15H24N4O2/c1-9(2)14-16-8-12(13(18-14)15(20)21)17-11-5-6-19(4)10(3)7-11/h8-11,17H,5-7H2,1-4H3,(H,20,21). The zero-order valence-corrected chi connectivity index (χ0v) is 13.1. The monoisotopic (exact) mass is 292 g/mol. The molecule has 2 unspecified atom stereocenters. The van der Waals surface area contributed by atoms with Gasteiger partial charge in [-0.3, -0.25) is 0 Å². The number of carbonyl (C=O) groups is 1. The molecule has 0 aliphatic carbocycles. The molecule has 0 bridgehead atoms. The number of carboxylic acids is 1. The number of nitrogens with zero attached hydrogens (tertiary/aromatic N) is 3. The summed E-state index contributed by atoms with van der Waals surface area (Å²) in [5.74, 6) is -0.335. The molecule has 2 atom stereocenters. The maximum atomic E-state index is 11.4. The van der Waals surface area contributed by atoms with Crippen LogP contribution in [0.15, 0.2) is 6.20 Å². The van der Waals surface area contributed by atoms with Crippen molar-refractivity contribution in [2.24, 2.45) is 0 Å². The number of anilines is 1. The van der Waals surface area contributed by atoms with Crippen molar-refractivity contribution in [2.75, 3.05) is 18.9 Å². The van der Waals surface area contributed by atoms with Gasteiger partial charge in [0.2, 0.25) is 0 Å². The summed E-state index contributed by atoms with van der Waals surface area (Å²) in [6.07, 6.45) is 3.59. The molecule has 1 aliphatic heterocycles. The van der Waals surface area contributed by atoms with Crippen molar-refractivity contribution in [3.63, 3.8) is 0 Å². The first kappa shape index (κ1) is 15.7. The Morgan fingerprint density at radius 2 is 2.24 bits per heavy atom. The first-order valence-electron chi connectivity index (χ1n) is 7.45. The van der Waals surface area contributed by atoms with Gasteiger partial charge in [0.25, 0.3) is 0 Å². The summed E-state index contributed by atoms with van der Waals surface area (Å²) in [5.41, 5.74) is 0.592. The van der Waals surface area contributed by atoms with E-state index >= 15 is 0 Å². The lowest BCUT2D eigenvalue weighted by molar-refractivity contribution is 0.0691. The zero-order valence-electron chi connectivity index (χ0n) is 13.1. The van der Waals surface area contributed by atoms with Crippen LogP contribution in [-0.2, 0) is 0 Å². The Labute approximate surface area is 125 Å². The van der Waals surface area contributed by atoms with Gasteiger partial charge in [0, 0.05) is 24.5 Å². The van der Waals surface area contributed by atoms with E-state index in [0.29, 0.717) is 17.6 Å². The molecule has 6 nitrogen and oxygen atoms in total. The number of nitrogens with one attached hydrogen (secondary N) is 1. The Morgan fingerprint density at radius 3 is 2.81 bits per heavy atom. The van der Waals surface area contributed by atoms with E-state index in [4.69, 9.17) is 0 Å². The second-order valence-electron chi connectivity index (χ2n) is 6.15. The van der Waals surface area contributed by atoms with E-state index < -0.39 is 5.97 Å². The van der Waals surface area contributed by atoms with Crippen LogP contribution in [0.3, 0.4) is 0 Å². The van der Waals surface area contributed by atoms with Gasteiger partial charge in [-0.2, -0.15) is 0 Å². The van der Waals surface area contributed by atoms with Gasteiger partial charge in [0.15, 0.2) is 5.69 Å². The molecule has 116 valence electrons. The maximum absolute atomic E-state index is 11.4.